The first-order chi connectivity index (χ1) is 8.89. The van der Waals surface area contributed by atoms with Crippen LogP contribution in [0.15, 0.2) is 18.2 Å². The van der Waals surface area contributed by atoms with E-state index in [9.17, 15) is 8.78 Å². The minimum atomic E-state index is -0.548. The number of rotatable bonds is 7. The van der Waals surface area contributed by atoms with Gasteiger partial charge >= 0.3 is 0 Å². The van der Waals surface area contributed by atoms with Crippen molar-refractivity contribution in [1.82, 2.24) is 0 Å². The maximum Gasteiger partial charge on any atom is 0.149 e. The summed E-state index contributed by atoms with van der Waals surface area (Å²) < 4.78 is 26.9. The number of hydrogen-bond donors (Lipinski definition) is 0. The number of halogens is 3. The average molecular weight is 338 g/mol. The van der Waals surface area contributed by atoms with Crippen LogP contribution in [0.4, 0.5) is 14.5 Å². The van der Waals surface area contributed by atoms with E-state index >= 15 is 0 Å². The third-order valence-corrected chi connectivity index (χ3v) is 3.74. The van der Waals surface area contributed by atoms with Crippen molar-refractivity contribution in [3.63, 3.8) is 0 Å². The van der Waals surface area contributed by atoms with Crippen LogP contribution in [0.2, 0.25) is 0 Å². The number of benzene rings is 1. The Labute approximate surface area is 140 Å². The van der Waals surface area contributed by atoms with E-state index in [1.165, 1.54) is 12.1 Å². The van der Waals surface area contributed by atoms with Crippen LogP contribution in [0.25, 0.3) is 0 Å². The zero-order valence-corrected chi connectivity index (χ0v) is 14.7. The molecule has 20 heavy (non-hydrogen) atoms. The van der Waals surface area contributed by atoms with Crippen LogP contribution in [-0.4, -0.2) is 19.0 Å². The molecule has 0 bridgehead atoms. The third kappa shape index (κ3) is 6.11. The van der Waals surface area contributed by atoms with Crippen LogP contribution in [-0.2, 0) is 21.7 Å². The van der Waals surface area contributed by atoms with Gasteiger partial charge in [-0.05, 0) is 24.0 Å². The van der Waals surface area contributed by atoms with Gasteiger partial charge in [0.15, 0.2) is 0 Å². The Morgan fingerprint density at radius 2 is 1.90 bits per heavy atom. The number of nitrogens with zero attached hydrogens (tertiary/aromatic N) is 1. The molecule has 0 unspecified atom stereocenters. The van der Waals surface area contributed by atoms with Crippen LogP contribution in [0.3, 0.4) is 0 Å². The number of alkyl halides is 1. The molecule has 0 aliphatic rings. The van der Waals surface area contributed by atoms with E-state index in [1.807, 2.05) is 18.7 Å². The molecule has 0 radical (unpaired) electrons. The van der Waals surface area contributed by atoms with Gasteiger partial charge in [-0.15, -0.1) is 11.6 Å². The van der Waals surface area contributed by atoms with E-state index in [2.05, 4.69) is 6.92 Å². The van der Waals surface area contributed by atoms with Gasteiger partial charge in [0.05, 0.1) is 5.69 Å². The van der Waals surface area contributed by atoms with Crippen molar-refractivity contribution in [2.24, 2.45) is 5.41 Å². The number of hydrogen-bond acceptors (Lipinski definition) is 1. The first-order valence-corrected chi connectivity index (χ1v) is 7.19. The minimum Gasteiger partial charge on any atom is -0.369 e. The van der Waals surface area contributed by atoms with Gasteiger partial charge < -0.3 is 4.90 Å². The molecule has 1 rings (SSSR count). The van der Waals surface area contributed by atoms with Crippen LogP contribution in [0.5, 0.6) is 0 Å². The Morgan fingerprint density at radius 1 is 1.25 bits per heavy atom. The molecule has 1 aromatic rings. The Bertz CT molecular complexity index is 413. The standard InChI is InChI=1S/C15H22ClF2N.Ti/c1-4-5-8-19(11-15(2,3)10-16)14-7-6-12(17)9-13(14)18;/h6-7,9H,4-5,8,10-11H2,1-3H3;. The van der Waals surface area contributed by atoms with E-state index in [1.54, 1.807) is 0 Å². The third-order valence-electron chi connectivity index (χ3n) is 3.01. The maximum absolute atomic E-state index is 13.9. The molecule has 0 spiro atoms. The van der Waals surface area contributed by atoms with Crippen LogP contribution >= 0.6 is 11.6 Å². The van der Waals surface area contributed by atoms with Crippen molar-refractivity contribution in [3.05, 3.63) is 29.8 Å². The summed E-state index contributed by atoms with van der Waals surface area (Å²) in [4.78, 5) is 1.96. The van der Waals surface area contributed by atoms with Gasteiger partial charge in [-0.3, -0.25) is 0 Å². The fourth-order valence-electron chi connectivity index (χ4n) is 1.93. The molecule has 0 aliphatic heterocycles. The molecule has 0 saturated carbocycles. The van der Waals surface area contributed by atoms with E-state index in [0.29, 0.717) is 18.1 Å². The maximum atomic E-state index is 13.9. The Morgan fingerprint density at radius 3 is 2.40 bits per heavy atom. The molecule has 5 heteroatoms. The molecule has 112 valence electrons. The average Bonchev–Trinajstić information content (AvgIpc) is 2.35. The molecule has 0 N–H and O–H groups in total. The predicted molar refractivity (Wildman–Crippen MR) is 78.0 cm³/mol. The summed E-state index contributed by atoms with van der Waals surface area (Å²) >= 11 is 5.94. The Balaban J connectivity index is 0.00000361. The summed E-state index contributed by atoms with van der Waals surface area (Å²) in [6, 6.07) is 3.73. The van der Waals surface area contributed by atoms with E-state index < -0.39 is 11.6 Å². The van der Waals surface area contributed by atoms with Crippen LogP contribution in [0.1, 0.15) is 33.6 Å². The summed E-state index contributed by atoms with van der Waals surface area (Å²) in [5.74, 6) is -0.562. The monoisotopic (exact) mass is 337 g/mol. The quantitative estimate of drug-likeness (QED) is 0.508. The fourth-order valence-corrected chi connectivity index (χ4v) is 2.01. The number of anilines is 1. The van der Waals surface area contributed by atoms with Crippen molar-refractivity contribution >= 4 is 17.3 Å². The molecule has 1 aromatic carbocycles. The second-order valence-corrected chi connectivity index (χ2v) is 5.94. The molecule has 0 aromatic heterocycles. The Hall–Kier alpha value is -0.116. The van der Waals surface area contributed by atoms with Crippen molar-refractivity contribution in [2.45, 2.75) is 33.6 Å². The summed E-state index contributed by atoms with van der Waals surface area (Å²) in [5.41, 5.74) is 0.337. The van der Waals surface area contributed by atoms with Crippen LogP contribution in [0, 0.1) is 17.0 Å². The van der Waals surface area contributed by atoms with Gasteiger partial charge in [0.1, 0.15) is 11.6 Å². The Kier molecular flexibility index (Phi) is 8.96. The molecule has 0 amide bonds. The van der Waals surface area contributed by atoms with Gasteiger partial charge in [-0.2, -0.15) is 0 Å². The van der Waals surface area contributed by atoms with Gasteiger partial charge in [0.25, 0.3) is 0 Å². The summed E-state index contributed by atoms with van der Waals surface area (Å²) in [6.07, 6.45) is 2.00. The van der Waals surface area contributed by atoms with Crippen molar-refractivity contribution < 1.29 is 30.5 Å². The van der Waals surface area contributed by atoms with E-state index in [-0.39, 0.29) is 27.1 Å². The van der Waals surface area contributed by atoms with Crippen molar-refractivity contribution in [3.8, 4) is 0 Å². The first kappa shape index (κ1) is 19.9. The number of unbranched alkanes of at least 4 members (excludes halogenated alkanes) is 1. The predicted octanol–water partition coefficient (Wildman–Crippen LogP) is 4.83. The van der Waals surface area contributed by atoms with Crippen molar-refractivity contribution in [2.75, 3.05) is 23.9 Å². The zero-order chi connectivity index (χ0) is 14.5. The van der Waals surface area contributed by atoms with Crippen LogP contribution < -0.4 is 4.90 Å². The second kappa shape index (κ2) is 9.02. The molecular weight excluding hydrogens is 315 g/mol. The minimum absolute atomic E-state index is 0. The van der Waals surface area contributed by atoms with Gasteiger partial charge in [0.2, 0.25) is 0 Å². The van der Waals surface area contributed by atoms with Gasteiger partial charge in [0, 0.05) is 46.8 Å². The van der Waals surface area contributed by atoms with E-state index in [0.717, 1.165) is 25.5 Å². The summed E-state index contributed by atoms with van der Waals surface area (Å²) in [7, 11) is 0. The SMILES string of the molecule is CCCCN(CC(C)(C)CCl)c1ccc(F)cc1F.[Ti]. The molecular formula is C15H22ClF2NTi. The molecule has 1 nitrogen and oxygen atoms in total. The fraction of sp³-hybridized carbons (Fsp3) is 0.600. The molecule has 0 fully saturated rings. The normalized spacial score (nSPS) is 11.1. The largest absolute Gasteiger partial charge is 0.369 e. The molecule has 0 aliphatic carbocycles. The molecule has 0 heterocycles. The van der Waals surface area contributed by atoms with Crippen molar-refractivity contribution in [1.29, 1.82) is 0 Å². The first-order valence-electron chi connectivity index (χ1n) is 6.65. The smallest absolute Gasteiger partial charge is 0.149 e. The second-order valence-electron chi connectivity index (χ2n) is 5.67. The topological polar surface area (TPSA) is 3.24 Å². The summed E-state index contributed by atoms with van der Waals surface area (Å²) in [5, 5.41) is 0. The van der Waals surface area contributed by atoms with Gasteiger partial charge in [-0.25, -0.2) is 8.78 Å². The zero-order valence-electron chi connectivity index (χ0n) is 12.3. The molecule has 0 saturated heterocycles. The van der Waals surface area contributed by atoms with Gasteiger partial charge in [-0.1, -0.05) is 27.2 Å². The van der Waals surface area contributed by atoms with E-state index in [4.69, 9.17) is 11.6 Å². The molecule has 0 atom stereocenters. The summed E-state index contributed by atoms with van der Waals surface area (Å²) in [6.45, 7) is 7.57.